The Balaban J connectivity index is 4.43. The number of esters is 2. The summed E-state index contributed by atoms with van der Waals surface area (Å²) < 4.78 is 22.6. The maximum absolute atomic E-state index is 12.8. The highest BCUT2D eigenvalue weighted by Gasteiger charge is 2.21. The van der Waals surface area contributed by atoms with Gasteiger partial charge in [-0.1, -0.05) is 164 Å². The van der Waals surface area contributed by atoms with Gasteiger partial charge in [-0.15, -0.1) is 0 Å². The number of nitrogens with zero attached hydrogens (tertiary/aromatic N) is 1. The number of quaternary nitrogens is 1. The van der Waals surface area contributed by atoms with Crippen molar-refractivity contribution in [3.63, 3.8) is 0 Å². The predicted molar refractivity (Wildman–Crippen MR) is 255 cm³/mol. The van der Waals surface area contributed by atoms with Gasteiger partial charge in [0.25, 0.3) is 0 Å². The van der Waals surface area contributed by atoms with Gasteiger partial charge in [-0.3, -0.25) is 9.59 Å². The van der Waals surface area contributed by atoms with Crippen molar-refractivity contribution >= 4 is 17.9 Å². The number of carboxylic acids is 1. The third-order valence-electron chi connectivity index (χ3n) is 10.5. The first-order valence-corrected chi connectivity index (χ1v) is 24.9. The Morgan fingerprint density at radius 2 is 0.871 bits per heavy atom. The average Bonchev–Trinajstić information content (AvgIpc) is 3.23. The molecule has 0 heterocycles. The number of unbranched alkanes of at least 4 members (excludes halogenated alkanes) is 20. The molecule has 0 aliphatic carbocycles. The van der Waals surface area contributed by atoms with Gasteiger partial charge in [0.1, 0.15) is 13.2 Å². The van der Waals surface area contributed by atoms with Gasteiger partial charge < -0.3 is 33.3 Å². The number of rotatable bonds is 45. The molecule has 2 unspecified atom stereocenters. The minimum atomic E-state index is -1.63. The number of likely N-dealkylation sites (N-methyl/N-ethyl adjacent to an activating group) is 1. The summed E-state index contributed by atoms with van der Waals surface area (Å²) in [6.07, 6.45) is 51.0. The monoisotopic (exact) mass is 872 g/mol. The molecule has 9 nitrogen and oxygen atoms in total. The lowest BCUT2D eigenvalue weighted by atomic mass is 10.1. The SMILES string of the molecule is CCCCCC/C=C\C/C=C\CCCCCCCC(=O)OCC(COC(OCC[N+](C)(C)C)C(=O)[O-])OC(=O)CCCCCCCC/C=C\C/C=C\C/C=C\CCCCCCC. The van der Waals surface area contributed by atoms with E-state index >= 15 is 0 Å². The van der Waals surface area contributed by atoms with Gasteiger partial charge in [0.2, 0.25) is 0 Å². The van der Waals surface area contributed by atoms with E-state index in [1.54, 1.807) is 0 Å². The van der Waals surface area contributed by atoms with Crippen LogP contribution >= 0.6 is 0 Å². The van der Waals surface area contributed by atoms with Crippen molar-refractivity contribution in [1.29, 1.82) is 0 Å². The molecular formula is C53H93NO8. The first-order valence-electron chi connectivity index (χ1n) is 24.9. The normalized spacial score (nSPS) is 13.4. The highest BCUT2D eigenvalue weighted by molar-refractivity contribution is 5.70. The molecule has 0 amide bonds. The summed E-state index contributed by atoms with van der Waals surface area (Å²) in [5.74, 6) is -2.32. The van der Waals surface area contributed by atoms with Crippen LogP contribution in [0.15, 0.2) is 60.8 Å². The number of carbonyl (C=O) groups excluding carboxylic acids is 3. The maximum atomic E-state index is 12.8. The Morgan fingerprint density at radius 3 is 1.31 bits per heavy atom. The molecule has 0 N–H and O–H groups in total. The van der Waals surface area contributed by atoms with E-state index in [9.17, 15) is 19.5 Å². The van der Waals surface area contributed by atoms with Gasteiger partial charge in [0.05, 0.1) is 40.3 Å². The fourth-order valence-electron chi connectivity index (χ4n) is 6.57. The van der Waals surface area contributed by atoms with E-state index in [2.05, 4.69) is 74.6 Å². The lowest BCUT2D eigenvalue weighted by molar-refractivity contribution is -0.870. The molecule has 0 aliphatic rings. The van der Waals surface area contributed by atoms with E-state index in [1.165, 1.54) is 70.6 Å². The lowest BCUT2D eigenvalue weighted by Crippen LogP contribution is -2.44. The highest BCUT2D eigenvalue weighted by atomic mass is 16.7. The van der Waals surface area contributed by atoms with Crippen LogP contribution in [0.25, 0.3) is 0 Å². The van der Waals surface area contributed by atoms with Gasteiger partial charge >= 0.3 is 11.9 Å². The van der Waals surface area contributed by atoms with Crippen molar-refractivity contribution in [3.8, 4) is 0 Å². The van der Waals surface area contributed by atoms with Crippen LogP contribution in [0.5, 0.6) is 0 Å². The number of ether oxygens (including phenoxy) is 4. The first-order chi connectivity index (χ1) is 30.1. The maximum Gasteiger partial charge on any atom is 0.306 e. The molecule has 0 spiro atoms. The molecule has 0 aromatic heterocycles. The molecule has 0 rings (SSSR count). The molecule has 0 saturated heterocycles. The lowest BCUT2D eigenvalue weighted by Gasteiger charge is -2.26. The standard InChI is InChI=1S/C53H93NO8/c1-6-8-10-12-14-16-18-20-22-24-25-26-27-28-30-32-34-36-38-40-42-44-51(56)62-49(48-61-53(52(57)58)59-46-45-54(3,4)5)47-60-50(55)43-41-39-37-35-33-31-29-23-21-19-17-15-13-11-9-7-2/h17-20,23-25,27-29,49,53H,6-16,21-22,26,30-48H2,1-5H3/b19-17-,20-18-,25-24-,28-27-,29-23-. The fourth-order valence-corrected chi connectivity index (χ4v) is 6.57. The highest BCUT2D eigenvalue weighted by Crippen LogP contribution is 2.13. The molecule has 0 aromatic rings. The summed E-state index contributed by atoms with van der Waals surface area (Å²) in [5, 5.41) is 11.7. The van der Waals surface area contributed by atoms with Crippen molar-refractivity contribution in [3.05, 3.63) is 60.8 Å². The van der Waals surface area contributed by atoms with E-state index < -0.39 is 24.3 Å². The van der Waals surface area contributed by atoms with Crippen LogP contribution in [-0.4, -0.2) is 82.3 Å². The summed E-state index contributed by atoms with van der Waals surface area (Å²) >= 11 is 0. The molecule has 0 bridgehead atoms. The summed E-state index contributed by atoms with van der Waals surface area (Å²) in [6.45, 7) is 4.68. The van der Waals surface area contributed by atoms with E-state index in [4.69, 9.17) is 18.9 Å². The molecule has 9 heteroatoms. The summed E-state index contributed by atoms with van der Waals surface area (Å²) in [4.78, 5) is 37.1. The van der Waals surface area contributed by atoms with E-state index in [1.807, 2.05) is 21.1 Å². The van der Waals surface area contributed by atoms with Crippen molar-refractivity contribution in [1.82, 2.24) is 0 Å². The van der Waals surface area contributed by atoms with Crippen LogP contribution < -0.4 is 5.11 Å². The van der Waals surface area contributed by atoms with Crippen LogP contribution in [0, 0.1) is 0 Å². The molecule has 0 aromatic carbocycles. The number of carbonyl (C=O) groups is 3. The van der Waals surface area contributed by atoms with Crippen LogP contribution in [0.2, 0.25) is 0 Å². The Morgan fingerprint density at radius 1 is 0.484 bits per heavy atom. The van der Waals surface area contributed by atoms with Gasteiger partial charge in [0.15, 0.2) is 12.4 Å². The second-order valence-electron chi connectivity index (χ2n) is 17.7. The molecule has 0 saturated carbocycles. The van der Waals surface area contributed by atoms with Gasteiger partial charge in [-0.25, -0.2) is 0 Å². The van der Waals surface area contributed by atoms with Gasteiger partial charge in [-0.05, 0) is 83.5 Å². The van der Waals surface area contributed by atoms with Gasteiger partial charge in [0, 0.05) is 12.8 Å². The Labute approximate surface area is 380 Å². The summed E-state index contributed by atoms with van der Waals surface area (Å²) in [7, 11) is 5.90. The van der Waals surface area contributed by atoms with Crippen molar-refractivity contribution < 1.29 is 42.9 Å². The van der Waals surface area contributed by atoms with Crippen LogP contribution in [0.4, 0.5) is 0 Å². The predicted octanol–water partition coefficient (Wildman–Crippen LogP) is 12.4. The minimum absolute atomic E-state index is 0.140. The third kappa shape index (κ3) is 45.0. The van der Waals surface area contributed by atoms with E-state index in [0.717, 1.165) is 96.3 Å². The average molecular weight is 872 g/mol. The molecule has 0 fully saturated rings. The molecular weight excluding hydrogens is 779 g/mol. The van der Waals surface area contributed by atoms with Crippen molar-refractivity contribution in [2.24, 2.45) is 0 Å². The van der Waals surface area contributed by atoms with Crippen molar-refractivity contribution in [2.45, 2.75) is 212 Å². The van der Waals surface area contributed by atoms with E-state index in [0.29, 0.717) is 17.4 Å². The second-order valence-corrected chi connectivity index (χ2v) is 17.7. The number of allylic oxidation sites excluding steroid dienone is 10. The van der Waals surface area contributed by atoms with Gasteiger partial charge in [-0.2, -0.15) is 0 Å². The third-order valence-corrected chi connectivity index (χ3v) is 10.5. The Hall–Kier alpha value is -3.01. The molecule has 358 valence electrons. The quantitative estimate of drug-likeness (QED) is 0.0196. The first kappa shape index (κ1) is 59.0. The zero-order chi connectivity index (χ0) is 45.6. The molecule has 62 heavy (non-hydrogen) atoms. The number of aliphatic carboxylic acids is 1. The summed E-state index contributed by atoms with van der Waals surface area (Å²) in [6, 6.07) is 0. The number of hydrogen-bond acceptors (Lipinski definition) is 8. The van der Waals surface area contributed by atoms with Crippen molar-refractivity contribution in [2.75, 3.05) is 47.5 Å². The largest absolute Gasteiger partial charge is 0.545 e. The number of carboxylic acid groups (broad SMARTS) is 1. The molecule has 2 atom stereocenters. The Kier molecular flexibility index (Phi) is 42.4. The van der Waals surface area contributed by atoms with Crippen LogP contribution in [0.3, 0.4) is 0 Å². The zero-order valence-corrected chi connectivity index (χ0v) is 40.5. The molecule has 0 aliphatic heterocycles. The smallest absolute Gasteiger partial charge is 0.306 e. The topological polar surface area (TPSA) is 111 Å². The second kappa shape index (κ2) is 44.6. The minimum Gasteiger partial charge on any atom is -0.545 e. The Bertz CT molecular complexity index is 1200. The fraction of sp³-hybridized carbons (Fsp3) is 0.755. The van der Waals surface area contributed by atoms with Crippen LogP contribution in [-0.2, 0) is 33.3 Å². The van der Waals surface area contributed by atoms with E-state index in [-0.39, 0.29) is 38.6 Å². The number of hydrogen-bond donors (Lipinski definition) is 0. The molecule has 0 radical (unpaired) electrons. The summed E-state index contributed by atoms with van der Waals surface area (Å²) in [5.41, 5.74) is 0. The zero-order valence-electron chi connectivity index (χ0n) is 40.5. The van der Waals surface area contributed by atoms with Crippen LogP contribution in [0.1, 0.15) is 200 Å².